The summed E-state index contributed by atoms with van der Waals surface area (Å²) in [6.45, 7) is 6.94. The van der Waals surface area contributed by atoms with Crippen molar-refractivity contribution < 1.29 is 14.4 Å². The number of hydrogen-bond acceptors (Lipinski definition) is 3. The van der Waals surface area contributed by atoms with Crippen LogP contribution in [0.25, 0.3) is 0 Å². The van der Waals surface area contributed by atoms with Gasteiger partial charge in [0.25, 0.3) is 5.91 Å². The molecular weight excluding hydrogens is 414 g/mol. The van der Waals surface area contributed by atoms with Crippen LogP contribution in [0.5, 0.6) is 0 Å². The normalized spacial score (nSPS) is 13.5. The van der Waals surface area contributed by atoms with Crippen LogP contribution in [0.3, 0.4) is 0 Å². The Bertz CT molecular complexity index is 971. The summed E-state index contributed by atoms with van der Waals surface area (Å²) in [5.74, 6) is -0.453. The van der Waals surface area contributed by atoms with E-state index in [9.17, 15) is 14.4 Å². The van der Waals surface area contributed by atoms with Gasteiger partial charge in [-0.15, -0.1) is 0 Å². The summed E-state index contributed by atoms with van der Waals surface area (Å²) in [5, 5.41) is 0. The highest BCUT2D eigenvalue weighted by Gasteiger charge is 2.33. The van der Waals surface area contributed by atoms with Gasteiger partial charge in [0.05, 0.1) is 0 Å². The summed E-state index contributed by atoms with van der Waals surface area (Å²) in [6.07, 6.45) is 5.01. The van der Waals surface area contributed by atoms with Crippen LogP contribution < -0.4 is 4.90 Å². The first-order chi connectivity index (χ1) is 15.9. The molecule has 2 aromatic rings. The maximum Gasteiger partial charge on any atom is 0.254 e. The molecular formula is C27H35N3O3. The summed E-state index contributed by atoms with van der Waals surface area (Å²) >= 11 is 0. The number of anilines is 1. The lowest BCUT2D eigenvalue weighted by Gasteiger charge is -2.25. The fraction of sp³-hybridized carbons (Fsp3) is 0.444. The Kier molecular flexibility index (Phi) is 8.64. The largest absolute Gasteiger partial charge is 0.329 e. The summed E-state index contributed by atoms with van der Waals surface area (Å²) in [7, 11) is 0. The zero-order valence-corrected chi connectivity index (χ0v) is 20.0. The van der Waals surface area contributed by atoms with Crippen LogP contribution in [0.4, 0.5) is 5.69 Å². The number of hydrogen-bond donors (Lipinski definition) is 0. The first-order valence-electron chi connectivity index (χ1n) is 12.0. The second kappa shape index (κ2) is 11.6. The molecule has 0 spiro atoms. The van der Waals surface area contributed by atoms with Crippen molar-refractivity contribution in [2.75, 3.05) is 31.2 Å². The number of carbonyl (C=O) groups is 3. The molecule has 0 atom stereocenters. The highest BCUT2D eigenvalue weighted by atomic mass is 16.2. The average Bonchev–Trinajstić information content (AvgIpc) is 3.22. The van der Waals surface area contributed by atoms with Gasteiger partial charge in [0.1, 0.15) is 19.8 Å². The van der Waals surface area contributed by atoms with E-state index < -0.39 is 0 Å². The summed E-state index contributed by atoms with van der Waals surface area (Å²) in [4.78, 5) is 43.6. The highest BCUT2D eigenvalue weighted by molar-refractivity contribution is 6.01. The number of rotatable bonds is 10. The Morgan fingerprint density at radius 1 is 1.00 bits per heavy atom. The van der Waals surface area contributed by atoms with Gasteiger partial charge in [-0.25, -0.2) is 0 Å². The third-order valence-electron chi connectivity index (χ3n) is 6.02. The van der Waals surface area contributed by atoms with Crippen LogP contribution in [0.1, 0.15) is 61.0 Å². The molecule has 1 aliphatic rings. The molecule has 0 N–H and O–H groups in total. The molecule has 1 saturated heterocycles. The lowest BCUT2D eigenvalue weighted by molar-refractivity contribution is -0.132. The average molecular weight is 450 g/mol. The molecule has 3 amide bonds. The van der Waals surface area contributed by atoms with E-state index in [-0.39, 0.29) is 37.5 Å². The van der Waals surface area contributed by atoms with Gasteiger partial charge in [-0.1, -0.05) is 51.0 Å². The van der Waals surface area contributed by atoms with E-state index in [1.54, 1.807) is 9.80 Å². The first-order valence-corrected chi connectivity index (χ1v) is 12.0. The Balaban J connectivity index is 1.67. The molecule has 33 heavy (non-hydrogen) atoms. The molecule has 1 aliphatic heterocycles. The zero-order chi connectivity index (χ0) is 23.8. The summed E-state index contributed by atoms with van der Waals surface area (Å²) < 4.78 is 0. The SMILES string of the molecule is CCCCc1ccc(C(=O)N(CCCC)CC(=O)N2CC(=O)N(c3cccc(C)c3)C2)cc1. The minimum absolute atomic E-state index is 0.0225. The number of nitrogens with zero attached hydrogens (tertiary/aromatic N) is 3. The number of aryl methyl sites for hydroxylation is 2. The fourth-order valence-electron chi connectivity index (χ4n) is 3.98. The second-order valence-electron chi connectivity index (χ2n) is 8.77. The van der Waals surface area contributed by atoms with E-state index in [2.05, 4.69) is 13.8 Å². The summed E-state index contributed by atoms with van der Waals surface area (Å²) in [6, 6.07) is 15.4. The van der Waals surface area contributed by atoms with Gasteiger partial charge in [-0.05, 0) is 61.6 Å². The standard InChI is InChI=1S/C27H35N3O3/c1-4-6-10-22-12-14-23(15-13-22)27(33)28(16-7-5-2)18-25(31)29-19-26(32)30(20-29)24-11-8-9-21(3)17-24/h8-9,11-15,17H,4-7,10,16,18-20H2,1-3H3. The zero-order valence-electron chi connectivity index (χ0n) is 20.0. The molecule has 176 valence electrons. The van der Waals surface area contributed by atoms with Gasteiger partial charge in [0.15, 0.2) is 0 Å². The van der Waals surface area contributed by atoms with E-state index in [4.69, 9.17) is 0 Å². The molecule has 0 unspecified atom stereocenters. The maximum absolute atomic E-state index is 13.2. The van der Waals surface area contributed by atoms with E-state index in [1.165, 1.54) is 10.5 Å². The molecule has 0 saturated carbocycles. The number of unbranched alkanes of at least 4 members (excludes halogenated alkanes) is 2. The van der Waals surface area contributed by atoms with Crippen LogP contribution in [0.2, 0.25) is 0 Å². The minimum Gasteiger partial charge on any atom is -0.329 e. The van der Waals surface area contributed by atoms with E-state index in [0.29, 0.717) is 12.1 Å². The monoisotopic (exact) mass is 449 g/mol. The Labute approximate surface area is 197 Å². The molecule has 3 rings (SSSR count). The smallest absolute Gasteiger partial charge is 0.254 e. The van der Waals surface area contributed by atoms with E-state index in [1.807, 2.05) is 55.5 Å². The topological polar surface area (TPSA) is 60.9 Å². The Morgan fingerprint density at radius 3 is 2.39 bits per heavy atom. The predicted molar refractivity (Wildman–Crippen MR) is 131 cm³/mol. The Morgan fingerprint density at radius 2 is 1.73 bits per heavy atom. The van der Waals surface area contributed by atoms with Crippen molar-refractivity contribution in [1.29, 1.82) is 0 Å². The number of amides is 3. The Hall–Kier alpha value is -3.15. The lowest BCUT2D eigenvalue weighted by Crippen LogP contribution is -2.43. The van der Waals surface area contributed by atoms with E-state index in [0.717, 1.165) is 43.4 Å². The lowest BCUT2D eigenvalue weighted by atomic mass is 10.1. The molecule has 0 aliphatic carbocycles. The third-order valence-corrected chi connectivity index (χ3v) is 6.02. The second-order valence-corrected chi connectivity index (χ2v) is 8.77. The quantitative estimate of drug-likeness (QED) is 0.540. The van der Waals surface area contributed by atoms with Gasteiger partial charge in [0.2, 0.25) is 11.8 Å². The molecule has 1 fully saturated rings. The molecule has 6 nitrogen and oxygen atoms in total. The van der Waals surface area contributed by atoms with Crippen molar-refractivity contribution in [2.24, 2.45) is 0 Å². The maximum atomic E-state index is 13.2. The molecule has 0 radical (unpaired) electrons. The van der Waals surface area contributed by atoms with Crippen molar-refractivity contribution >= 4 is 23.4 Å². The van der Waals surface area contributed by atoms with Crippen molar-refractivity contribution in [2.45, 2.75) is 52.9 Å². The van der Waals surface area contributed by atoms with Gasteiger partial charge in [-0.3, -0.25) is 19.3 Å². The third kappa shape index (κ3) is 6.44. The van der Waals surface area contributed by atoms with Gasteiger partial charge in [0, 0.05) is 17.8 Å². The number of benzene rings is 2. The molecule has 1 heterocycles. The van der Waals surface area contributed by atoms with Crippen molar-refractivity contribution in [3.05, 3.63) is 65.2 Å². The first kappa shape index (κ1) is 24.5. The van der Waals surface area contributed by atoms with Crippen LogP contribution in [-0.2, 0) is 16.0 Å². The highest BCUT2D eigenvalue weighted by Crippen LogP contribution is 2.21. The van der Waals surface area contributed by atoms with Crippen LogP contribution >= 0.6 is 0 Å². The molecule has 0 bridgehead atoms. The predicted octanol–water partition coefficient (Wildman–Crippen LogP) is 4.41. The van der Waals surface area contributed by atoms with Gasteiger partial charge < -0.3 is 9.80 Å². The van der Waals surface area contributed by atoms with E-state index >= 15 is 0 Å². The van der Waals surface area contributed by atoms with Crippen LogP contribution in [0, 0.1) is 6.92 Å². The number of carbonyl (C=O) groups excluding carboxylic acids is 3. The van der Waals surface area contributed by atoms with Crippen LogP contribution in [-0.4, -0.2) is 53.8 Å². The molecule has 0 aromatic heterocycles. The van der Waals surface area contributed by atoms with Gasteiger partial charge >= 0.3 is 0 Å². The molecule has 6 heteroatoms. The van der Waals surface area contributed by atoms with Crippen LogP contribution in [0.15, 0.2) is 48.5 Å². The summed E-state index contributed by atoms with van der Waals surface area (Å²) in [5.41, 5.74) is 3.66. The molecule has 2 aromatic carbocycles. The van der Waals surface area contributed by atoms with Crippen molar-refractivity contribution in [3.8, 4) is 0 Å². The van der Waals surface area contributed by atoms with Crippen molar-refractivity contribution in [1.82, 2.24) is 9.80 Å². The van der Waals surface area contributed by atoms with Crippen molar-refractivity contribution in [3.63, 3.8) is 0 Å². The minimum atomic E-state index is -0.206. The van der Waals surface area contributed by atoms with Gasteiger partial charge in [-0.2, -0.15) is 0 Å². The fourth-order valence-corrected chi connectivity index (χ4v) is 3.98.